The van der Waals surface area contributed by atoms with E-state index in [0.717, 1.165) is 11.1 Å². The number of rotatable bonds is 5. The van der Waals surface area contributed by atoms with Crippen molar-refractivity contribution in [3.8, 4) is 0 Å². The van der Waals surface area contributed by atoms with Crippen LogP contribution in [-0.2, 0) is 11.3 Å². The van der Waals surface area contributed by atoms with Crippen LogP contribution >= 0.6 is 0 Å². The highest BCUT2D eigenvalue weighted by molar-refractivity contribution is 5.98. The van der Waals surface area contributed by atoms with E-state index < -0.39 is 6.04 Å². The molecule has 140 valence electrons. The summed E-state index contributed by atoms with van der Waals surface area (Å²) in [7, 11) is 0. The van der Waals surface area contributed by atoms with E-state index in [-0.39, 0.29) is 17.9 Å². The summed E-state index contributed by atoms with van der Waals surface area (Å²) in [5.41, 5.74) is 5.52. The van der Waals surface area contributed by atoms with Gasteiger partial charge in [-0.05, 0) is 23.3 Å². The number of nitrogens with zero attached hydrogens (tertiary/aromatic N) is 1. The molecule has 0 aliphatic carbocycles. The molecule has 2 amide bonds. The van der Waals surface area contributed by atoms with Crippen molar-refractivity contribution < 1.29 is 9.59 Å². The molecule has 0 aromatic heterocycles. The first kappa shape index (κ1) is 17.9. The van der Waals surface area contributed by atoms with Gasteiger partial charge in [0.05, 0.1) is 6.04 Å². The molecule has 2 N–H and O–H groups in total. The van der Waals surface area contributed by atoms with Crippen LogP contribution in [0, 0.1) is 0 Å². The fourth-order valence-electron chi connectivity index (χ4n) is 3.50. The first-order valence-electron chi connectivity index (χ1n) is 9.24. The molecule has 3 aromatic carbocycles. The van der Waals surface area contributed by atoms with Crippen molar-refractivity contribution in [2.45, 2.75) is 18.6 Å². The molecule has 5 nitrogen and oxygen atoms in total. The quantitative estimate of drug-likeness (QED) is 0.725. The summed E-state index contributed by atoms with van der Waals surface area (Å²) >= 11 is 0. The third kappa shape index (κ3) is 3.80. The standard InChI is InChI=1S/C23H21N3O2/c27-22(19-14-8-3-9-15-19)24-20-21(18-12-6-2-7-13-18)26(25-23(20)28)16-17-10-4-1-5-11-17/h1-15,20-21H,16H2,(H,24,27)(H,25,28)/t20-,21-/m1/s1. The van der Waals surface area contributed by atoms with Gasteiger partial charge in [0.2, 0.25) is 0 Å². The van der Waals surface area contributed by atoms with Crippen LogP contribution in [-0.4, -0.2) is 22.9 Å². The van der Waals surface area contributed by atoms with Crippen LogP contribution in [0.2, 0.25) is 0 Å². The van der Waals surface area contributed by atoms with Gasteiger partial charge >= 0.3 is 0 Å². The average Bonchev–Trinajstić information content (AvgIpc) is 3.04. The van der Waals surface area contributed by atoms with Gasteiger partial charge in [-0.2, -0.15) is 0 Å². The number of nitrogens with one attached hydrogen (secondary N) is 2. The van der Waals surface area contributed by atoms with Crippen LogP contribution < -0.4 is 10.7 Å². The molecular formula is C23H21N3O2. The summed E-state index contributed by atoms with van der Waals surface area (Å²) < 4.78 is 0. The predicted octanol–water partition coefficient (Wildman–Crippen LogP) is 3.07. The summed E-state index contributed by atoms with van der Waals surface area (Å²) in [5, 5.41) is 4.81. The van der Waals surface area contributed by atoms with E-state index in [4.69, 9.17) is 0 Å². The Morgan fingerprint density at radius 3 is 2.07 bits per heavy atom. The zero-order valence-electron chi connectivity index (χ0n) is 15.3. The monoisotopic (exact) mass is 371 g/mol. The number of amides is 2. The molecule has 28 heavy (non-hydrogen) atoms. The van der Waals surface area contributed by atoms with Crippen molar-refractivity contribution in [1.82, 2.24) is 15.8 Å². The largest absolute Gasteiger partial charge is 0.338 e. The van der Waals surface area contributed by atoms with E-state index in [1.165, 1.54) is 0 Å². The fourth-order valence-corrected chi connectivity index (χ4v) is 3.50. The van der Waals surface area contributed by atoms with E-state index in [0.29, 0.717) is 12.1 Å². The molecule has 1 heterocycles. The second-order valence-corrected chi connectivity index (χ2v) is 6.76. The summed E-state index contributed by atoms with van der Waals surface area (Å²) in [6.07, 6.45) is 0. The molecule has 1 aliphatic heterocycles. The Balaban J connectivity index is 1.62. The normalized spacial score (nSPS) is 19.2. The van der Waals surface area contributed by atoms with Crippen LogP contribution in [0.5, 0.6) is 0 Å². The van der Waals surface area contributed by atoms with Gasteiger partial charge in [-0.25, -0.2) is 5.01 Å². The molecule has 0 radical (unpaired) electrons. The van der Waals surface area contributed by atoms with Crippen LogP contribution in [0.25, 0.3) is 0 Å². The molecule has 4 rings (SSSR count). The van der Waals surface area contributed by atoms with E-state index in [2.05, 4.69) is 10.7 Å². The highest BCUT2D eigenvalue weighted by Crippen LogP contribution is 2.29. The zero-order valence-corrected chi connectivity index (χ0v) is 15.3. The van der Waals surface area contributed by atoms with E-state index in [1.54, 1.807) is 24.3 Å². The lowest BCUT2D eigenvalue weighted by atomic mass is 9.99. The minimum atomic E-state index is -0.682. The second kappa shape index (κ2) is 8.06. The van der Waals surface area contributed by atoms with Gasteiger partial charge in [0.15, 0.2) is 0 Å². The Labute approximate surface area is 164 Å². The van der Waals surface area contributed by atoms with Crippen LogP contribution in [0.15, 0.2) is 91.0 Å². The van der Waals surface area contributed by atoms with Crippen LogP contribution in [0.1, 0.15) is 27.5 Å². The van der Waals surface area contributed by atoms with Gasteiger partial charge in [0.1, 0.15) is 6.04 Å². The Morgan fingerprint density at radius 2 is 1.43 bits per heavy atom. The van der Waals surface area contributed by atoms with Crippen molar-refractivity contribution in [3.05, 3.63) is 108 Å². The van der Waals surface area contributed by atoms with E-state index in [9.17, 15) is 9.59 Å². The minimum absolute atomic E-state index is 0.214. The highest BCUT2D eigenvalue weighted by Gasteiger charge is 2.42. The SMILES string of the molecule is O=C(N[C@H]1C(=O)NN(Cc2ccccc2)[C@@H]1c1ccccc1)c1ccccc1. The van der Waals surface area contributed by atoms with Crippen molar-refractivity contribution in [2.24, 2.45) is 0 Å². The number of carbonyl (C=O) groups is 2. The maximum absolute atomic E-state index is 12.8. The second-order valence-electron chi connectivity index (χ2n) is 6.76. The summed E-state index contributed by atoms with van der Waals surface area (Å²) in [4.78, 5) is 25.4. The molecule has 1 saturated heterocycles. The molecule has 0 bridgehead atoms. The van der Waals surface area contributed by atoms with Gasteiger partial charge < -0.3 is 5.32 Å². The number of hydrogen-bond donors (Lipinski definition) is 2. The first-order valence-corrected chi connectivity index (χ1v) is 9.24. The van der Waals surface area contributed by atoms with Gasteiger partial charge in [-0.3, -0.25) is 15.0 Å². The molecule has 1 aliphatic rings. The Bertz CT molecular complexity index is 945. The molecule has 0 saturated carbocycles. The van der Waals surface area contributed by atoms with Gasteiger partial charge in [-0.1, -0.05) is 78.9 Å². The van der Waals surface area contributed by atoms with Crippen LogP contribution in [0.3, 0.4) is 0 Å². The van der Waals surface area contributed by atoms with Crippen molar-refractivity contribution in [1.29, 1.82) is 0 Å². The summed E-state index contributed by atoms with van der Waals surface area (Å²) in [6.45, 7) is 0.545. The lowest BCUT2D eigenvalue weighted by molar-refractivity contribution is -0.122. The van der Waals surface area contributed by atoms with Gasteiger partial charge in [0, 0.05) is 12.1 Å². The molecule has 0 spiro atoms. The molecular weight excluding hydrogens is 350 g/mol. The number of benzene rings is 3. The molecule has 0 unspecified atom stereocenters. The maximum atomic E-state index is 12.8. The third-order valence-electron chi connectivity index (χ3n) is 4.85. The Morgan fingerprint density at radius 1 is 0.857 bits per heavy atom. The molecule has 5 heteroatoms. The van der Waals surface area contributed by atoms with Crippen LogP contribution in [0.4, 0.5) is 0 Å². The van der Waals surface area contributed by atoms with Gasteiger partial charge in [-0.15, -0.1) is 0 Å². The smallest absolute Gasteiger partial charge is 0.258 e. The first-order chi connectivity index (χ1) is 13.7. The number of carbonyl (C=O) groups excluding carboxylic acids is 2. The third-order valence-corrected chi connectivity index (χ3v) is 4.85. The Hall–Kier alpha value is -3.44. The molecule has 3 aromatic rings. The fraction of sp³-hybridized carbons (Fsp3) is 0.130. The average molecular weight is 371 g/mol. The number of hydrazine groups is 1. The molecule has 1 fully saturated rings. The van der Waals surface area contributed by atoms with Gasteiger partial charge in [0.25, 0.3) is 11.8 Å². The Kier molecular flexibility index (Phi) is 5.17. The topological polar surface area (TPSA) is 61.4 Å². The van der Waals surface area contributed by atoms with E-state index >= 15 is 0 Å². The highest BCUT2D eigenvalue weighted by atomic mass is 16.2. The van der Waals surface area contributed by atoms with E-state index in [1.807, 2.05) is 71.7 Å². The lowest BCUT2D eigenvalue weighted by Gasteiger charge is -2.26. The minimum Gasteiger partial charge on any atom is -0.338 e. The van der Waals surface area contributed by atoms with Crippen molar-refractivity contribution in [3.63, 3.8) is 0 Å². The summed E-state index contributed by atoms with van der Waals surface area (Å²) in [6, 6.07) is 27.7. The summed E-state index contributed by atoms with van der Waals surface area (Å²) in [5.74, 6) is -0.475. The lowest BCUT2D eigenvalue weighted by Crippen LogP contribution is -2.43. The van der Waals surface area contributed by atoms with Crippen molar-refractivity contribution in [2.75, 3.05) is 0 Å². The maximum Gasteiger partial charge on any atom is 0.258 e. The zero-order chi connectivity index (χ0) is 19.3. The predicted molar refractivity (Wildman–Crippen MR) is 107 cm³/mol. The van der Waals surface area contributed by atoms with Crippen molar-refractivity contribution >= 4 is 11.8 Å². The number of hydrogen-bond acceptors (Lipinski definition) is 3. The molecule has 2 atom stereocenters.